The Morgan fingerprint density at radius 3 is 2.93 bits per heavy atom. The Balaban J connectivity index is 1.81. The van der Waals surface area contributed by atoms with Crippen molar-refractivity contribution in [3.8, 4) is 0 Å². The van der Waals surface area contributed by atoms with Crippen LogP contribution in [0.5, 0.6) is 0 Å². The molecule has 1 fully saturated rings. The van der Waals surface area contributed by atoms with Gasteiger partial charge >= 0.3 is 0 Å². The molecule has 1 saturated heterocycles. The fourth-order valence-electron chi connectivity index (χ4n) is 3.78. The van der Waals surface area contributed by atoms with Crippen LogP contribution in [0.4, 0.5) is 0 Å². The zero-order valence-electron chi connectivity index (χ0n) is 15.9. The summed E-state index contributed by atoms with van der Waals surface area (Å²) in [6.45, 7) is 3.08. The number of hydrogen-bond donors (Lipinski definition) is 0. The molecule has 1 atom stereocenters. The summed E-state index contributed by atoms with van der Waals surface area (Å²) in [6.07, 6.45) is 3.03. The average molecular weight is 382 g/mol. The van der Waals surface area contributed by atoms with E-state index in [-0.39, 0.29) is 17.5 Å². The van der Waals surface area contributed by atoms with Gasteiger partial charge in [-0.15, -0.1) is 0 Å². The van der Waals surface area contributed by atoms with Crippen molar-refractivity contribution in [3.63, 3.8) is 0 Å². The zero-order valence-corrected chi connectivity index (χ0v) is 15.9. The Labute approximate surface area is 161 Å². The lowest BCUT2D eigenvalue weighted by atomic mass is 10.1. The second-order valence-electron chi connectivity index (χ2n) is 6.89. The van der Waals surface area contributed by atoms with Gasteiger partial charge in [0.2, 0.25) is 0 Å². The number of methoxy groups -OCH3 is 1. The molecule has 28 heavy (non-hydrogen) atoms. The molecule has 3 aromatic rings. The first-order chi connectivity index (χ1) is 13.6. The van der Waals surface area contributed by atoms with E-state index >= 15 is 0 Å². The number of aryl methyl sites for hydroxylation is 1. The van der Waals surface area contributed by atoms with E-state index in [4.69, 9.17) is 14.2 Å². The number of benzene rings is 1. The molecule has 1 aromatic carbocycles. The van der Waals surface area contributed by atoms with Crippen molar-refractivity contribution in [2.75, 3.05) is 20.3 Å². The number of aromatic nitrogens is 3. The minimum absolute atomic E-state index is 0.113. The Hall–Kier alpha value is -3.00. The van der Waals surface area contributed by atoms with E-state index in [1.165, 1.54) is 6.20 Å². The molecule has 0 N–H and O–H groups in total. The molecule has 146 valence electrons. The smallest absolute Gasteiger partial charge is 0.261 e. The monoisotopic (exact) mass is 382 g/mol. The number of carbonyl (C=O) groups excluding carboxylic acids is 1. The molecule has 1 aliphatic heterocycles. The maximum Gasteiger partial charge on any atom is 0.261 e. The molecule has 1 amide bonds. The molecule has 0 radical (unpaired) electrons. The molecule has 3 heterocycles. The quantitative estimate of drug-likeness (QED) is 0.673. The number of hydrogen-bond acceptors (Lipinski definition) is 6. The van der Waals surface area contributed by atoms with Crippen molar-refractivity contribution >= 4 is 16.8 Å². The van der Waals surface area contributed by atoms with Crippen molar-refractivity contribution in [2.45, 2.75) is 32.4 Å². The fourth-order valence-corrected chi connectivity index (χ4v) is 3.78. The fraction of sp³-hybridized carbons (Fsp3) is 0.400. The third-order valence-corrected chi connectivity index (χ3v) is 5.20. The van der Waals surface area contributed by atoms with Crippen molar-refractivity contribution in [1.82, 2.24) is 19.6 Å². The van der Waals surface area contributed by atoms with Gasteiger partial charge in [0.15, 0.2) is 0 Å². The van der Waals surface area contributed by atoms with Crippen molar-refractivity contribution < 1.29 is 14.1 Å². The minimum Gasteiger partial charge on any atom is -0.383 e. The highest BCUT2D eigenvalue weighted by Gasteiger charge is 2.35. The summed E-state index contributed by atoms with van der Waals surface area (Å²) < 4.78 is 11.9. The average Bonchev–Trinajstić information content (AvgIpc) is 3.36. The SMILES string of the molecule is COCCn1c(C2CCCN2C(=O)c2cnoc2C)nc2ccccc2c1=O. The topological polar surface area (TPSA) is 90.5 Å². The van der Waals surface area contributed by atoms with E-state index in [2.05, 4.69) is 5.16 Å². The Bertz CT molecular complexity index is 1070. The van der Waals surface area contributed by atoms with Gasteiger partial charge in [-0.05, 0) is 31.9 Å². The van der Waals surface area contributed by atoms with Crippen LogP contribution in [-0.2, 0) is 11.3 Å². The molecule has 1 unspecified atom stereocenters. The highest BCUT2D eigenvalue weighted by molar-refractivity contribution is 5.95. The minimum atomic E-state index is -0.282. The number of rotatable bonds is 5. The summed E-state index contributed by atoms with van der Waals surface area (Å²) in [4.78, 5) is 32.7. The molecular formula is C20H22N4O4. The lowest BCUT2D eigenvalue weighted by Gasteiger charge is -2.26. The van der Waals surface area contributed by atoms with Crippen LogP contribution in [0.25, 0.3) is 10.9 Å². The number of likely N-dealkylation sites (tertiary alicyclic amines) is 1. The Kier molecular flexibility index (Phi) is 4.95. The van der Waals surface area contributed by atoms with Gasteiger partial charge in [0, 0.05) is 13.7 Å². The lowest BCUT2D eigenvalue weighted by Crippen LogP contribution is -2.36. The summed E-state index contributed by atoms with van der Waals surface area (Å²) >= 11 is 0. The molecule has 2 aromatic heterocycles. The second-order valence-corrected chi connectivity index (χ2v) is 6.89. The molecule has 0 aliphatic carbocycles. The van der Waals surface area contributed by atoms with E-state index < -0.39 is 0 Å². The van der Waals surface area contributed by atoms with Gasteiger partial charge in [-0.3, -0.25) is 14.2 Å². The van der Waals surface area contributed by atoms with Gasteiger partial charge in [0.1, 0.15) is 17.1 Å². The standard InChI is InChI=1S/C20H22N4O4/c1-13-15(12-21-28-13)20(26)23-9-5-8-17(23)18-22-16-7-4-3-6-14(16)19(25)24(18)10-11-27-2/h3-4,6-7,12,17H,5,8-11H2,1-2H3. The van der Waals surface area contributed by atoms with Gasteiger partial charge in [-0.1, -0.05) is 17.3 Å². The molecule has 0 bridgehead atoms. The highest BCUT2D eigenvalue weighted by atomic mass is 16.5. The summed E-state index contributed by atoms with van der Waals surface area (Å²) in [5.74, 6) is 0.932. The molecule has 8 heteroatoms. The number of fused-ring (bicyclic) bond motifs is 1. The summed E-state index contributed by atoms with van der Waals surface area (Å²) in [5, 5.41) is 4.28. The maximum atomic E-state index is 13.1. The van der Waals surface area contributed by atoms with Gasteiger partial charge in [-0.25, -0.2) is 4.98 Å². The summed E-state index contributed by atoms with van der Waals surface area (Å²) in [7, 11) is 1.60. The number of para-hydroxylation sites is 1. The number of ether oxygens (including phenoxy) is 1. The van der Waals surface area contributed by atoms with E-state index in [0.717, 1.165) is 12.8 Å². The van der Waals surface area contributed by atoms with Crippen LogP contribution in [0.3, 0.4) is 0 Å². The Morgan fingerprint density at radius 2 is 2.18 bits per heavy atom. The molecule has 4 rings (SSSR count). The molecular weight excluding hydrogens is 360 g/mol. The van der Waals surface area contributed by atoms with E-state index in [0.29, 0.717) is 47.7 Å². The predicted octanol–water partition coefficient (Wildman–Crippen LogP) is 2.32. The largest absolute Gasteiger partial charge is 0.383 e. The summed E-state index contributed by atoms with van der Waals surface area (Å²) in [5.41, 5.74) is 0.966. The maximum absolute atomic E-state index is 13.1. The van der Waals surface area contributed by atoms with Crippen LogP contribution in [0.15, 0.2) is 39.8 Å². The van der Waals surface area contributed by atoms with E-state index in [1.54, 1.807) is 29.6 Å². The zero-order chi connectivity index (χ0) is 19.7. The number of carbonyl (C=O) groups is 1. The first kappa shape index (κ1) is 18.4. The van der Waals surface area contributed by atoms with Crippen molar-refractivity contribution in [1.29, 1.82) is 0 Å². The highest BCUT2D eigenvalue weighted by Crippen LogP contribution is 2.32. The second kappa shape index (κ2) is 7.55. The molecule has 0 spiro atoms. The Morgan fingerprint density at radius 1 is 1.36 bits per heavy atom. The van der Waals surface area contributed by atoms with Gasteiger partial charge in [0.05, 0.1) is 36.3 Å². The normalized spacial score (nSPS) is 16.8. The van der Waals surface area contributed by atoms with Gasteiger partial charge < -0.3 is 14.2 Å². The van der Waals surface area contributed by atoms with E-state index in [1.807, 2.05) is 18.2 Å². The van der Waals surface area contributed by atoms with Crippen LogP contribution in [0.1, 0.15) is 40.8 Å². The molecule has 8 nitrogen and oxygen atoms in total. The van der Waals surface area contributed by atoms with Crippen LogP contribution < -0.4 is 5.56 Å². The lowest BCUT2D eigenvalue weighted by molar-refractivity contribution is 0.0723. The first-order valence-electron chi connectivity index (χ1n) is 9.32. The van der Waals surface area contributed by atoms with Gasteiger partial charge in [-0.2, -0.15) is 0 Å². The third kappa shape index (κ3) is 3.09. The third-order valence-electron chi connectivity index (χ3n) is 5.20. The van der Waals surface area contributed by atoms with Crippen molar-refractivity contribution in [3.05, 3.63) is 58.0 Å². The number of amides is 1. The van der Waals surface area contributed by atoms with Gasteiger partial charge in [0.25, 0.3) is 11.5 Å². The molecule has 1 aliphatic rings. The number of nitrogens with zero attached hydrogens (tertiary/aromatic N) is 4. The predicted molar refractivity (Wildman–Crippen MR) is 102 cm³/mol. The molecule has 0 saturated carbocycles. The van der Waals surface area contributed by atoms with E-state index in [9.17, 15) is 9.59 Å². The first-order valence-corrected chi connectivity index (χ1v) is 9.32. The van der Waals surface area contributed by atoms with Crippen LogP contribution >= 0.6 is 0 Å². The van der Waals surface area contributed by atoms with Crippen molar-refractivity contribution in [2.24, 2.45) is 0 Å². The van der Waals surface area contributed by atoms with Crippen LogP contribution in [-0.4, -0.2) is 45.8 Å². The summed E-state index contributed by atoms with van der Waals surface area (Å²) in [6, 6.07) is 7.00. The van der Waals surface area contributed by atoms with Crippen LogP contribution in [0, 0.1) is 6.92 Å². The van der Waals surface area contributed by atoms with Crippen LogP contribution in [0.2, 0.25) is 0 Å².